The van der Waals surface area contributed by atoms with E-state index in [0.29, 0.717) is 16.9 Å². The third-order valence-corrected chi connectivity index (χ3v) is 5.20. The second-order valence-corrected chi connectivity index (χ2v) is 7.76. The summed E-state index contributed by atoms with van der Waals surface area (Å²) in [6.07, 6.45) is 2.03. The van der Waals surface area contributed by atoms with Gasteiger partial charge in [0.05, 0.1) is 24.7 Å². The van der Waals surface area contributed by atoms with Gasteiger partial charge in [-0.3, -0.25) is 14.6 Å². The largest absolute Gasteiger partial charge is 0.497 e. The molecule has 0 unspecified atom stereocenters. The molecule has 0 saturated carbocycles. The summed E-state index contributed by atoms with van der Waals surface area (Å²) in [6, 6.07) is 5.72. The van der Waals surface area contributed by atoms with Crippen molar-refractivity contribution >= 4 is 16.8 Å². The third kappa shape index (κ3) is 3.78. The fourth-order valence-electron chi connectivity index (χ4n) is 3.75. The monoisotopic (exact) mass is 396 g/mol. The highest BCUT2D eigenvalue weighted by Crippen LogP contribution is 2.32. The SMILES string of the molecule is COc1cc(C(=O)N(N)Cc2c(C)cc(C)[nH]c2=O)c2c(C)cn(C(C)C)c2c1. The predicted molar refractivity (Wildman–Crippen MR) is 114 cm³/mol. The van der Waals surface area contributed by atoms with Gasteiger partial charge in [-0.25, -0.2) is 5.84 Å². The number of nitrogens with two attached hydrogens (primary N) is 1. The van der Waals surface area contributed by atoms with E-state index in [1.165, 1.54) is 0 Å². The number of nitrogens with zero attached hydrogens (tertiary/aromatic N) is 2. The maximum atomic E-state index is 13.3. The van der Waals surface area contributed by atoms with Crippen molar-refractivity contribution in [1.82, 2.24) is 14.6 Å². The van der Waals surface area contributed by atoms with Gasteiger partial charge in [-0.15, -0.1) is 0 Å². The van der Waals surface area contributed by atoms with Crippen LogP contribution in [0.4, 0.5) is 0 Å². The van der Waals surface area contributed by atoms with Gasteiger partial charge in [0.2, 0.25) is 0 Å². The fourth-order valence-corrected chi connectivity index (χ4v) is 3.75. The number of methoxy groups -OCH3 is 1. The van der Waals surface area contributed by atoms with Crippen LogP contribution in [0.1, 0.15) is 52.6 Å². The minimum Gasteiger partial charge on any atom is -0.497 e. The molecule has 154 valence electrons. The highest BCUT2D eigenvalue weighted by molar-refractivity contribution is 6.08. The Bertz CT molecular complexity index is 1140. The molecule has 3 rings (SSSR count). The van der Waals surface area contributed by atoms with E-state index in [-0.39, 0.29) is 24.1 Å². The molecule has 0 atom stereocenters. The Morgan fingerprint density at radius 2 is 1.90 bits per heavy atom. The first-order chi connectivity index (χ1) is 13.6. The van der Waals surface area contributed by atoms with Crippen molar-refractivity contribution in [3.8, 4) is 5.75 Å². The molecular formula is C22H28N4O3. The lowest BCUT2D eigenvalue weighted by atomic mass is 10.0. The number of H-pyrrole nitrogens is 1. The van der Waals surface area contributed by atoms with Crippen molar-refractivity contribution in [3.05, 3.63) is 62.7 Å². The molecule has 0 aliphatic rings. The molecule has 0 radical (unpaired) electrons. The van der Waals surface area contributed by atoms with E-state index in [4.69, 9.17) is 10.6 Å². The van der Waals surface area contributed by atoms with E-state index < -0.39 is 0 Å². The topological polar surface area (TPSA) is 93.3 Å². The van der Waals surface area contributed by atoms with Gasteiger partial charge in [-0.05, 0) is 57.9 Å². The zero-order valence-electron chi connectivity index (χ0n) is 17.8. The smallest absolute Gasteiger partial charge is 0.268 e. The Hall–Kier alpha value is -3.06. The molecule has 7 heteroatoms. The number of ether oxygens (including phenoxy) is 1. The molecule has 0 aliphatic heterocycles. The number of aromatic nitrogens is 2. The van der Waals surface area contributed by atoms with Crippen LogP contribution in [0.15, 0.2) is 29.2 Å². The average Bonchev–Trinajstić information content (AvgIpc) is 3.00. The van der Waals surface area contributed by atoms with Crippen LogP contribution < -0.4 is 16.1 Å². The molecule has 2 aromatic heterocycles. The van der Waals surface area contributed by atoms with E-state index in [1.807, 2.05) is 39.1 Å². The van der Waals surface area contributed by atoms with Gasteiger partial charge >= 0.3 is 0 Å². The molecule has 7 nitrogen and oxygen atoms in total. The van der Waals surface area contributed by atoms with Crippen LogP contribution in [0.2, 0.25) is 0 Å². The highest BCUT2D eigenvalue weighted by atomic mass is 16.5. The predicted octanol–water partition coefficient (Wildman–Crippen LogP) is 3.36. The molecule has 3 N–H and O–H groups in total. The van der Waals surface area contributed by atoms with E-state index >= 15 is 0 Å². The maximum absolute atomic E-state index is 13.3. The van der Waals surface area contributed by atoms with E-state index in [9.17, 15) is 9.59 Å². The molecule has 1 amide bonds. The lowest BCUT2D eigenvalue weighted by Gasteiger charge is -2.19. The number of pyridine rings is 1. The summed E-state index contributed by atoms with van der Waals surface area (Å²) in [5, 5.41) is 1.93. The molecule has 0 aliphatic carbocycles. The molecular weight excluding hydrogens is 368 g/mol. The summed E-state index contributed by atoms with van der Waals surface area (Å²) in [7, 11) is 1.57. The Morgan fingerprint density at radius 3 is 2.48 bits per heavy atom. The lowest BCUT2D eigenvalue weighted by molar-refractivity contribution is 0.0744. The van der Waals surface area contributed by atoms with Gasteiger partial charge in [0.15, 0.2) is 0 Å². The van der Waals surface area contributed by atoms with Crippen LogP contribution in [0.5, 0.6) is 5.75 Å². The number of fused-ring (bicyclic) bond motifs is 1. The van der Waals surface area contributed by atoms with Crippen LogP contribution in [-0.4, -0.2) is 27.6 Å². The Morgan fingerprint density at radius 1 is 1.21 bits per heavy atom. The number of carbonyl (C=O) groups excluding carboxylic acids is 1. The second kappa shape index (κ2) is 7.75. The zero-order valence-corrected chi connectivity index (χ0v) is 17.8. The number of hydrazine groups is 1. The number of carbonyl (C=O) groups is 1. The first-order valence-corrected chi connectivity index (χ1v) is 9.59. The van der Waals surface area contributed by atoms with Crippen molar-refractivity contribution in [2.24, 2.45) is 5.84 Å². The highest BCUT2D eigenvalue weighted by Gasteiger charge is 2.22. The summed E-state index contributed by atoms with van der Waals surface area (Å²) in [6.45, 7) is 9.82. The first-order valence-electron chi connectivity index (χ1n) is 9.59. The summed E-state index contributed by atoms with van der Waals surface area (Å²) < 4.78 is 7.54. The van der Waals surface area contributed by atoms with Crippen LogP contribution in [0.25, 0.3) is 10.9 Å². The molecule has 1 aromatic carbocycles. The molecule has 3 aromatic rings. The molecule has 0 saturated heterocycles. The average molecular weight is 396 g/mol. The normalized spacial score (nSPS) is 11.3. The van der Waals surface area contributed by atoms with Crippen molar-refractivity contribution < 1.29 is 9.53 Å². The van der Waals surface area contributed by atoms with E-state index in [2.05, 4.69) is 23.4 Å². The zero-order chi connectivity index (χ0) is 21.5. The number of aromatic amines is 1. The Labute approximate surface area is 170 Å². The first kappa shape index (κ1) is 20.7. The van der Waals surface area contributed by atoms with Crippen LogP contribution in [0, 0.1) is 20.8 Å². The van der Waals surface area contributed by atoms with E-state index in [0.717, 1.165) is 32.7 Å². The van der Waals surface area contributed by atoms with Crippen LogP contribution >= 0.6 is 0 Å². The van der Waals surface area contributed by atoms with Crippen molar-refractivity contribution in [2.75, 3.05) is 7.11 Å². The Balaban J connectivity index is 2.08. The number of amides is 1. The van der Waals surface area contributed by atoms with Crippen LogP contribution in [0.3, 0.4) is 0 Å². The minimum absolute atomic E-state index is 0.0168. The number of benzene rings is 1. The summed E-state index contributed by atoms with van der Waals surface area (Å²) in [4.78, 5) is 28.4. The van der Waals surface area contributed by atoms with Gasteiger partial charge in [-0.2, -0.15) is 0 Å². The number of nitrogens with one attached hydrogen (secondary N) is 1. The summed E-state index contributed by atoms with van der Waals surface area (Å²) >= 11 is 0. The van der Waals surface area contributed by atoms with Crippen molar-refractivity contribution in [3.63, 3.8) is 0 Å². The fraction of sp³-hybridized carbons (Fsp3) is 0.364. The molecule has 0 spiro atoms. The van der Waals surface area contributed by atoms with Crippen molar-refractivity contribution in [1.29, 1.82) is 0 Å². The minimum atomic E-state index is -0.363. The number of hydrogen-bond donors (Lipinski definition) is 2. The van der Waals surface area contributed by atoms with Crippen LogP contribution in [-0.2, 0) is 6.54 Å². The number of aryl methyl sites for hydroxylation is 3. The van der Waals surface area contributed by atoms with Gasteiger partial charge in [0.1, 0.15) is 5.75 Å². The molecule has 2 heterocycles. The van der Waals surface area contributed by atoms with Gasteiger partial charge in [0.25, 0.3) is 11.5 Å². The van der Waals surface area contributed by atoms with Crippen molar-refractivity contribution in [2.45, 2.75) is 47.2 Å². The third-order valence-electron chi connectivity index (χ3n) is 5.20. The summed E-state index contributed by atoms with van der Waals surface area (Å²) in [5.41, 5.74) is 4.17. The molecule has 0 fully saturated rings. The number of hydrogen-bond acceptors (Lipinski definition) is 4. The Kier molecular flexibility index (Phi) is 5.53. The second-order valence-electron chi connectivity index (χ2n) is 7.76. The standard InChI is InChI=1S/C22H28N4O3/c1-12(2)25-10-14(4)20-17(8-16(29-6)9-19(20)25)22(28)26(23)11-18-13(3)7-15(5)24-21(18)27/h7-10,12H,11,23H2,1-6H3,(H,24,27). The quantitative estimate of drug-likeness (QED) is 0.393. The van der Waals surface area contributed by atoms with Gasteiger partial charge < -0.3 is 14.3 Å². The van der Waals surface area contributed by atoms with Gasteiger partial charge in [0, 0.05) is 34.9 Å². The summed E-state index contributed by atoms with van der Waals surface area (Å²) in [5.74, 6) is 6.36. The van der Waals surface area contributed by atoms with E-state index in [1.54, 1.807) is 13.2 Å². The number of rotatable bonds is 5. The molecule has 29 heavy (non-hydrogen) atoms. The lowest BCUT2D eigenvalue weighted by Crippen LogP contribution is -2.39. The molecule has 0 bridgehead atoms. The maximum Gasteiger partial charge on any atom is 0.268 e. The van der Waals surface area contributed by atoms with Gasteiger partial charge in [-0.1, -0.05) is 0 Å².